The van der Waals surface area contributed by atoms with Crippen LogP contribution in [0.4, 0.5) is 17.2 Å². The van der Waals surface area contributed by atoms with Crippen LogP contribution in [0.3, 0.4) is 0 Å². The van der Waals surface area contributed by atoms with E-state index in [0.29, 0.717) is 23.1 Å². The Morgan fingerprint density at radius 3 is 2.62 bits per heavy atom. The molecule has 0 aliphatic rings. The molecule has 122 valence electrons. The van der Waals surface area contributed by atoms with E-state index in [1.54, 1.807) is 0 Å². The lowest BCUT2D eigenvalue weighted by Gasteiger charge is -2.12. The number of aryl methyl sites for hydroxylation is 1. The van der Waals surface area contributed by atoms with Gasteiger partial charge in [-0.2, -0.15) is 4.98 Å². The Hall–Kier alpha value is -2.60. The summed E-state index contributed by atoms with van der Waals surface area (Å²) in [6.07, 6.45) is 2.41. The zero-order valence-electron chi connectivity index (χ0n) is 13.2. The van der Waals surface area contributed by atoms with Crippen LogP contribution in [0.25, 0.3) is 0 Å². The summed E-state index contributed by atoms with van der Waals surface area (Å²) in [6.45, 7) is 2.11. The van der Waals surface area contributed by atoms with Crippen molar-refractivity contribution >= 4 is 33.1 Å². The van der Waals surface area contributed by atoms with Gasteiger partial charge in [-0.05, 0) is 42.3 Å². The van der Waals surface area contributed by atoms with Crippen molar-refractivity contribution in [1.82, 2.24) is 9.97 Å². The Balaban J connectivity index is 1.82. The Labute approximate surface area is 149 Å². The average Bonchev–Trinajstić information content (AvgIpc) is 2.59. The monoisotopic (exact) mass is 384 g/mol. The van der Waals surface area contributed by atoms with Crippen molar-refractivity contribution in [3.05, 3.63) is 64.9 Å². The van der Waals surface area contributed by atoms with Gasteiger partial charge in [-0.3, -0.25) is 0 Å². The van der Waals surface area contributed by atoms with Gasteiger partial charge in [-0.25, -0.2) is 4.98 Å². The van der Waals surface area contributed by atoms with Crippen LogP contribution >= 0.6 is 15.9 Å². The van der Waals surface area contributed by atoms with Gasteiger partial charge in [0.2, 0.25) is 5.88 Å². The molecule has 3 rings (SSSR count). The maximum atomic E-state index is 6.15. The van der Waals surface area contributed by atoms with Crippen molar-refractivity contribution in [2.24, 2.45) is 0 Å². The van der Waals surface area contributed by atoms with Crippen molar-refractivity contribution in [1.29, 1.82) is 0 Å². The van der Waals surface area contributed by atoms with Crippen molar-refractivity contribution in [2.75, 3.05) is 11.1 Å². The van der Waals surface area contributed by atoms with E-state index in [4.69, 9.17) is 10.5 Å². The van der Waals surface area contributed by atoms with E-state index >= 15 is 0 Å². The van der Waals surface area contributed by atoms with E-state index < -0.39 is 0 Å². The minimum atomic E-state index is 0.326. The fourth-order valence-corrected chi connectivity index (χ4v) is 2.57. The van der Waals surface area contributed by atoms with E-state index in [-0.39, 0.29) is 0 Å². The SMILES string of the molecule is CCc1ccc(Oc2ncnc(Nc3cccc(Br)c3)c2N)cc1. The summed E-state index contributed by atoms with van der Waals surface area (Å²) in [6, 6.07) is 15.6. The Morgan fingerprint density at radius 2 is 1.92 bits per heavy atom. The molecule has 0 amide bonds. The number of nitrogen functional groups attached to an aromatic ring is 1. The first-order valence-corrected chi connectivity index (χ1v) is 8.35. The van der Waals surface area contributed by atoms with Gasteiger partial charge in [0.05, 0.1) is 0 Å². The van der Waals surface area contributed by atoms with Gasteiger partial charge < -0.3 is 15.8 Å². The minimum Gasteiger partial charge on any atom is -0.437 e. The average molecular weight is 385 g/mol. The van der Waals surface area contributed by atoms with Crippen molar-refractivity contribution in [2.45, 2.75) is 13.3 Å². The van der Waals surface area contributed by atoms with Crippen LogP contribution in [0.15, 0.2) is 59.3 Å². The zero-order chi connectivity index (χ0) is 16.9. The molecule has 24 heavy (non-hydrogen) atoms. The van der Waals surface area contributed by atoms with Crippen LogP contribution in [0, 0.1) is 0 Å². The Bertz CT molecular complexity index is 837. The molecule has 5 nitrogen and oxygen atoms in total. The highest BCUT2D eigenvalue weighted by atomic mass is 79.9. The molecule has 1 aromatic heterocycles. The molecule has 2 aromatic carbocycles. The molecule has 0 fully saturated rings. The summed E-state index contributed by atoms with van der Waals surface area (Å²) in [5.74, 6) is 1.51. The van der Waals surface area contributed by atoms with E-state index in [2.05, 4.69) is 38.1 Å². The lowest BCUT2D eigenvalue weighted by molar-refractivity contribution is 0.464. The lowest BCUT2D eigenvalue weighted by Crippen LogP contribution is -2.03. The molecule has 0 spiro atoms. The van der Waals surface area contributed by atoms with Gasteiger partial charge in [-0.15, -0.1) is 0 Å². The van der Waals surface area contributed by atoms with Crippen LogP contribution in [0.2, 0.25) is 0 Å². The number of nitrogens with one attached hydrogen (secondary N) is 1. The molecule has 0 aliphatic heterocycles. The van der Waals surface area contributed by atoms with Crippen LogP contribution in [-0.2, 0) is 6.42 Å². The predicted octanol–water partition coefficient (Wildman–Crippen LogP) is 4.92. The third kappa shape index (κ3) is 3.83. The smallest absolute Gasteiger partial charge is 0.248 e. The third-order valence-electron chi connectivity index (χ3n) is 3.48. The van der Waals surface area contributed by atoms with E-state index in [1.165, 1.54) is 11.9 Å². The molecule has 0 unspecified atom stereocenters. The number of halogens is 1. The van der Waals surface area contributed by atoms with Gasteiger partial charge in [0.25, 0.3) is 0 Å². The highest BCUT2D eigenvalue weighted by Crippen LogP contribution is 2.31. The third-order valence-corrected chi connectivity index (χ3v) is 3.97. The molecular weight excluding hydrogens is 368 g/mol. The first kappa shape index (κ1) is 16.3. The first-order valence-electron chi connectivity index (χ1n) is 7.55. The fourth-order valence-electron chi connectivity index (χ4n) is 2.17. The molecule has 0 saturated heterocycles. The molecule has 0 radical (unpaired) electrons. The maximum absolute atomic E-state index is 6.15. The van der Waals surface area contributed by atoms with Crippen LogP contribution in [-0.4, -0.2) is 9.97 Å². The molecule has 6 heteroatoms. The predicted molar refractivity (Wildman–Crippen MR) is 99.8 cm³/mol. The Kier molecular flexibility index (Phi) is 4.96. The molecule has 0 bridgehead atoms. The quantitative estimate of drug-likeness (QED) is 0.652. The fraction of sp³-hybridized carbons (Fsp3) is 0.111. The highest BCUT2D eigenvalue weighted by molar-refractivity contribution is 9.10. The number of nitrogens with two attached hydrogens (primary N) is 1. The zero-order valence-corrected chi connectivity index (χ0v) is 14.7. The molecule has 0 aliphatic carbocycles. The second-order valence-electron chi connectivity index (χ2n) is 5.18. The van der Waals surface area contributed by atoms with Crippen molar-refractivity contribution in [3.63, 3.8) is 0 Å². The number of nitrogens with zero attached hydrogens (tertiary/aromatic N) is 2. The highest BCUT2D eigenvalue weighted by Gasteiger charge is 2.11. The molecule has 0 saturated carbocycles. The Morgan fingerprint density at radius 1 is 1.12 bits per heavy atom. The number of hydrogen-bond donors (Lipinski definition) is 2. The molecule has 3 N–H and O–H groups in total. The summed E-state index contributed by atoms with van der Waals surface area (Å²) in [7, 11) is 0. The number of anilines is 3. The van der Waals surface area contributed by atoms with E-state index in [0.717, 1.165) is 16.6 Å². The minimum absolute atomic E-state index is 0.326. The van der Waals surface area contributed by atoms with Crippen molar-refractivity contribution < 1.29 is 4.74 Å². The number of rotatable bonds is 5. The number of aromatic nitrogens is 2. The molecule has 0 atom stereocenters. The normalized spacial score (nSPS) is 10.4. The number of benzene rings is 2. The van der Waals surface area contributed by atoms with Gasteiger partial charge in [0, 0.05) is 10.2 Å². The summed E-state index contributed by atoms with van der Waals surface area (Å²) in [4.78, 5) is 8.32. The first-order chi connectivity index (χ1) is 11.7. The topological polar surface area (TPSA) is 73.1 Å². The van der Waals surface area contributed by atoms with Crippen LogP contribution in [0.1, 0.15) is 12.5 Å². The van der Waals surface area contributed by atoms with Gasteiger partial charge in [0.1, 0.15) is 17.8 Å². The summed E-state index contributed by atoms with van der Waals surface area (Å²) >= 11 is 3.44. The van der Waals surface area contributed by atoms with Gasteiger partial charge >= 0.3 is 0 Å². The molecular formula is C18H17BrN4O. The largest absolute Gasteiger partial charge is 0.437 e. The maximum Gasteiger partial charge on any atom is 0.248 e. The standard InChI is InChI=1S/C18H17BrN4O/c1-2-12-6-8-15(9-7-12)24-18-16(20)17(21-11-22-18)23-14-5-3-4-13(19)10-14/h3-11H,2,20H2,1H3,(H,21,22,23). The summed E-state index contributed by atoms with van der Waals surface area (Å²) < 4.78 is 6.75. The van der Waals surface area contributed by atoms with Crippen LogP contribution < -0.4 is 15.8 Å². The summed E-state index contributed by atoms with van der Waals surface area (Å²) in [5, 5.41) is 3.17. The van der Waals surface area contributed by atoms with E-state index in [1.807, 2.05) is 48.5 Å². The molecule has 3 aromatic rings. The number of ether oxygens (including phenoxy) is 1. The van der Waals surface area contributed by atoms with Crippen molar-refractivity contribution in [3.8, 4) is 11.6 Å². The number of hydrogen-bond acceptors (Lipinski definition) is 5. The molecule has 1 heterocycles. The van der Waals surface area contributed by atoms with Crippen LogP contribution in [0.5, 0.6) is 11.6 Å². The summed E-state index contributed by atoms with van der Waals surface area (Å²) in [5.41, 5.74) is 8.62. The van der Waals surface area contributed by atoms with E-state index in [9.17, 15) is 0 Å². The second-order valence-corrected chi connectivity index (χ2v) is 6.09. The van der Waals surface area contributed by atoms with Gasteiger partial charge in [0.15, 0.2) is 5.82 Å². The lowest BCUT2D eigenvalue weighted by atomic mass is 10.2. The second kappa shape index (κ2) is 7.31. The van der Waals surface area contributed by atoms with Gasteiger partial charge in [-0.1, -0.05) is 41.1 Å².